The van der Waals surface area contributed by atoms with Crippen LogP contribution in [0.5, 0.6) is 0 Å². The quantitative estimate of drug-likeness (QED) is 0.368. The second-order valence-corrected chi connectivity index (χ2v) is 7.02. The van der Waals surface area contributed by atoms with Gasteiger partial charge in [0.05, 0.1) is 12.1 Å². The van der Waals surface area contributed by atoms with Crippen molar-refractivity contribution < 1.29 is 0 Å². The van der Waals surface area contributed by atoms with Crippen molar-refractivity contribution in [3.05, 3.63) is 119 Å². The molecule has 0 aliphatic rings. The van der Waals surface area contributed by atoms with E-state index in [9.17, 15) is 4.79 Å². The van der Waals surface area contributed by atoms with Crippen molar-refractivity contribution in [1.82, 2.24) is 4.57 Å². The Labute approximate surface area is 163 Å². The minimum atomic E-state index is 0.0529. The summed E-state index contributed by atoms with van der Waals surface area (Å²) in [5.74, 6) is 0. The van der Waals surface area contributed by atoms with E-state index in [-0.39, 0.29) is 5.56 Å². The highest BCUT2D eigenvalue weighted by Gasteiger charge is 2.12. The molecular weight excluding hydrogens is 342 g/mol. The van der Waals surface area contributed by atoms with E-state index < -0.39 is 0 Å². The second kappa shape index (κ2) is 6.82. The summed E-state index contributed by atoms with van der Waals surface area (Å²) >= 11 is 0. The largest absolute Gasteiger partial charge is 0.303 e. The summed E-state index contributed by atoms with van der Waals surface area (Å²) in [6.07, 6.45) is 0. The number of aromatic nitrogens is 1. The molecule has 0 bridgehead atoms. The third kappa shape index (κ3) is 2.80. The fraction of sp³-hybridized carbons (Fsp3) is 0.0385. The fourth-order valence-electron chi connectivity index (χ4n) is 3.88. The molecule has 2 nitrogen and oxygen atoms in total. The number of pyridine rings is 1. The standard InChI is InChI=1S/C26H19NO/c28-26-23-16-15-21(20-11-5-2-6-12-20)17-24(23)22-13-7-8-14-25(22)27(26)18-19-9-3-1-4-10-19/h1-17H,18H2. The van der Waals surface area contributed by atoms with Crippen molar-refractivity contribution in [2.24, 2.45) is 0 Å². The van der Waals surface area contributed by atoms with Gasteiger partial charge in [-0.25, -0.2) is 0 Å². The molecule has 0 atom stereocenters. The molecule has 4 aromatic carbocycles. The molecular formula is C26H19NO. The van der Waals surface area contributed by atoms with Crippen LogP contribution in [0.2, 0.25) is 0 Å². The van der Waals surface area contributed by atoms with E-state index >= 15 is 0 Å². The molecule has 1 aromatic heterocycles. The van der Waals surface area contributed by atoms with Gasteiger partial charge in [0.2, 0.25) is 0 Å². The lowest BCUT2D eigenvalue weighted by molar-refractivity contribution is 0.802. The van der Waals surface area contributed by atoms with Crippen LogP contribution >= 0.6 is 0 Å². The minimum absolute atomic E-state index is 0.0529. The molecule has 0 N–H and O–H groups in total. The van der Waals surface area contributed by atoms with E-state index in [1.807, 2.05) is 71.3 Å². The number of rotatable bonds is 3. The molecule has 5 rings (SSSR count). The van der Waals surface area contributed by atoms with Crippen molar-refractivity contribution in [2.45, 2.75) is 6.54 Å². The smallest absolute Gasteiger partial charge is 0.259 e. The van der Waals surface area contributed by atoms with Crippen molar-refractivity contribution in [1.29, 1.82) is 0 Å². The zero-order valence-corrected chi connectivity index (χ0v) is 15.4. The summed E-state index contributed by atoms with van der Waals surface area (Å²) in [6.45, 7) is 0.566. The Hall–Kier alpha value is -3.65. The normalized spacial score (nSPS) is 11.1. The molecule has 5 aromatic rings. The average Bonchev–Trinajstić information content (AvgIpc) is 2.77. The van der Waals surface area contributed by atoms with E-state index in [0.29, 0.717) is 6.54 Å². The van der Waals surface area contributed by atoms with Gasteiger partial charge in [-0.15, -0.1) is 0 Å². The Balaban J connectivity index is 1.79. The van der Waals surface area contributed by atoms with Gasteiger partial charge >= 0.3 is 0 Å². The Bertz CT molecular complexity index is 1340. The topological polar surface area (TPSA) is 22.0 Å². The minimum Gasteiger partial charge on any atom is -0.303 e. The molecule has 2 heteroatoms. The number of hydrogen-bond donors (Lipinski definition) is 0. The first-order valence-electron chi connectivity index (χ1n) is 9.46. The summed E-state index contributed by atoms with van der Waals surface area (Å²) in [7, 11) is 0. The Morgan fingerprint density at radius 1 is 0.571 bits per heavy atom. The second-order valence-electron chi connectivity index (χ2n) is 7.02. The summed E-state index contributed by atoms with van der Waals surface area (Å²) in [5.41, 5.74) is 4.42. The molecule has 0 fully saturated rings. The molecule has 0 spiro atoms. The van der Waals surface area contributed by atoms with Crippen LogP contribution in [-0.2, 0) is 6.54 Å². The molecule has 0 amide bonds. The van der Waals surface area contributed by atoms with Crippen LogP contribution in [0, 0.1) is 0 Å². The summed E-state index contributed by atoms with van der Waals surface area (Å²) in [5, 5.41) is 2.87. The number of benzene rings is 4. The maximum absolute atomic E-state index is 13.4. The first kappa shape index (κ1) is 16.5. The lowest BCUT2D eigenvalue weighted by atomic mass is 9.99. The van der Waals surface area contributed by atoms with E-state index in [4.69, 9.17) is 0 Å². The van der Waals surface area contributed by atoms with Gasteiger partial charge in [0.1, 0.15) is 0 Å². The van der Waals surface area contributed by atoms with Crippen LogP contribution in [0.4, 0.5) is 0 Å². The first-order chi connectivity index (χ1) is 13.8. The molecule has 1 heterocycles. The maximum Gasteiger partial charge on any atom is 0.259 e. The Morgan fingerprint density at radius 2 is 1.25 bits per heavy atom. The molecule has 0 radical (unpaired) electrons. The van der Waals surface area contributed by atoms with E-state index in [0.717, 1.165) is 38.4 Å². The predicted molar refractivity (Wildman–Crippen MR) is 117 cm³/mol. The molecule has 0 aliphatic heterocycles. The van der Waals surface area contributed by atoms with Crippen LogP contribution in [-0.4, -0.2) is 4.57 Å². The summed E-state index contributed by atoms with van der Waals surface area (Å²) in [4.78, 5) is 13.4. The third-order valence-electron chi connectivity index (χ3n) is 5.27. The summed E-state index contributed by atoms with van der Waals surface area (Å²) < 4.78 is 1.88. The van der Waals surface area contributed by atoms with Gasteiger partial charge in [0.25, 0.3) is 5.56 Å². The van der Waals surface area contributed by atoms with Crippen LogP contribution < -0.4 is 5.56 Å². The zero-order valence-electron chi connectivity index (χ0n) is 15.4. The van der Waals surface area contributed by atoms with E-state index in [2.05, 4.69) is 36.4 Å². The van der Waals surface area contributed by atoms with Gasteiger partial charge in [-0.3, -0.25) is 4.79 Å². The monoisotopic (exact) mass is 361 g/mol. The van der Waals surface area contributed by atoms with Crippen LogP contribution in [0.1, 0.15) is 5.56 Å². The first-order valence-corrected chi connectivity index (χ1v) is 9.46. The van der Waals surface area contributed by atoms with Gasteiger partial charge in [-0.1, -0.05) is 84.9 Å². The van der Waals surface area contributed by atoms with Crippen molar-refractivity contribution in [2.75, 3.05) is 0 Å². The van der Waals surface area contributed by atoms with Crippen molar-refractivity contribution in [3.8, 4) is 11.1 Å². The van der Waals surface area contributed by atoms with Crippen LogP contribution in [0.15, 0.2) is 108 Å². The highest BCUT2D eigenvalue weighted by molar-refractivity contribution is 6.07. The SMILES string of the molecule is O=c1c2ccc(-c3ccccc3)cc2c2ccccc2n1Cc1ccccc1. The molecule has 134 valence electrons. The average molecular weight is 361 g/mol. The Kier molecular flexibility index (Phi) is 4.02. The van der Waals surface area contributed by atoms with Gasteiger partial charge in [0, 0.05) is 10.8 Å². The summed E-state index contributed by atoms with van der Waals surface area (Å²) in [6, 6.07) is 34.7. The maximum atomic E-state index is 13.4. The molecule has 0 unspecified atom stereocenters. The highest BCUT2D eigenvalue weighted by Crippen LogP contribution is 2.28. The fourth-order valence-corrected chi connectivity index (χ4v) is 3.88. The van der Waals surface area contributed by atoms with Gasteiger partial charge in [-0.2, -0.15) is 0 Å². The number of hydrogen-bond acceptors (Lipinski definition) is 1. The number of para-hydroxylation sites is 1. The molecule has 0 saturated heterocycles. The predicted octanol–water partition coefficient (Wildman–Crippen LogP) is 5.87. The van der Waals surface area contributed by atoms with Crippen LogP contribution in [0.3, 0.4) is 0 Å². The van der Waals surface area contributed by atoms with Crippen molar-refractivity contribution in [3.63, 3.8) is 0 Å². The van der Waals surface area contributed by atoms with Gasteiger partial charge in [0.15, 0.2) is 0 Å². The van der Waals surface area contributed by atoms with Crippen molar-refractivity contribution >= 4 is 21.7 Å². The van der Waals surface area contributed by atoms with Gasteiger partial charge < -0.3 is 4.57 Å². The molecule has 0 aliphatic carbocycles. The van der Waals surface area contributed by atoms with Crippen LogP contribution in [0.25, 0.3) is 32.8 Å². The third-order valence-corrected chi connectivity index (χ3v) is 5.27. The van der Waals surface area contributed by atoms with E-state index in [1.165, 1.54) is 0 Å². The van der Waals surface area contributed by atoms with Gasteiger partial charge in [-0.05, 0) is 40.3 Å². The number of fused-ring (bicyclic) bond motifs is 3. The zero-order chi connectivity index (χ0) is 18.9. The molecule has 28 heavy (non-hydrogen) atoms. The highest BCUT2D eigenvalue weighted by atomic mass is 16.1. The van der Waals surface area contributed by atoms with E-state index in [1.54, 1.807) is 0 Å². The lowest BCUT2D eigenvalue weighted by Crippen LogP contribution is -2.21. The number of nitrogens with zero attached hydrogens (tertiary/aromatic N) is 1. The Morgan fingerprint density at radius 3 is 2.04 bits per heavy atom. The molecule has 0 saturated carbocycles. The lowest BCUT2D eigenvalue weighted by Gasteiger charge is -2.14.